The first-order valence-electron chi connectivity index (χ1n) is 7.39. The van der Waals surface area contributed by atoms with Crippen LogP contribution in [-0.4, -0.2) is 47.1 Å². The minimum Gasteiger partial charge on any atom is -0.464 e. The largest absolute Gasteiger partial charge is 0.464 e. The summed E-state index contributed by atoms with van der Waals surface area (Å²) in [5.74, 6) is -2.22. The molecule has 0 aromatic rings. The van der Waals surface area contributed by atoms with E-state index in [4.69, 9.17) is 9.47 Å². The molecular formula is C15H23NO6. The van der Waals surface area contributed by atoms with E-state index >= 15 is 0 Å². The third-order valence-corrected chi connectivity index (χ3v) is 4.31. The molecule has 7 nitrogen and oxygen atoms in total. The fourth-order valence-corrected chi connectivity index (χ4v) is 3.22. The van der Waals surface area contributed by atoms with Crippen LogP contribution in [0.2, 0.25) is 0 Å². The zero-order chi connectivity index (χ0) is 16.5. The Labute approximate surface area is 129 Å². The lowest BCUT2D eigenvalue weighted by atomic mass is 9.86. The number of nitrogens with one attached hydrogen (secondary N) is 1. The van der Waals surface area contributed by atoms with Crippen LogP contribution in [0.4, 0.5) is 0 Å². The van der Waals surface area contributed by atoms with E-state index in [2.05, 4.69) is 11.9 Å². The van der Waals surface area contributed by atoms with Gasteiger partial charge in [-0.05, 0) is 12.3 Å². The van der Waals surface area contributed by atoms with Crippen LogP contribution in [0.15, 0.2) is 12.3 Å². The van der Waals surface area contributed by atoms with Crippen molar-refractivity contribution < 1.29 is 29.3 Å². The van der Waals surface area contributed by atoms with E-state index in [9.17, 15) is 19.8 Å². The number of ether oxygens (including phenoxy) is 2. The van der Waals surface area contributed by atoms with Crippen LogP contribution in [-0.2, 0) is 19.1 Å². The van der Waals surface area contributed by atoms with E-state index in [1.165, 1.54) is 7.11 Å². The van der Waals surface area contributed by atoms with E-state index in [-0.39, 0.29) is 49.3 Å². The normalized spacial score (nSPS) is 32.5. The van der Waals surface area contributed by atoms with Crippen LogP contribution in [0.25, 0.3) is 0 Å². The zero-order valence-electron chi connectivity index (χ0n) is 12.9. The molecule has 22 heavy (non-hydrogen) atoms. The Hall–Kier alpha value is -1.44. The summed E-state index contributed by atoms with van der Waals surface area (Å²) in [4.78, 5) is 22.8. The van der Waals surface area contributed by atoms with Gasteiger partial charge in [0, 0.05) is 32.3 Å². The van der Waals surface area contributed by atoms with Gasteiger partial charge in [0.1, 0.15) is 6.10 Å². The highest BCUT2D eigenvalue weighted by Crippen LogP contribution is 2.40. The number of imide groups is 1. The van der Waals surface area contributed by atoms with Crippen molar-refractivity contribution in [1.82, 2.24) is 5.32 Å². The summed E-state index contributed by atoms with van der Waals surface area (Å²) >= 11 is 0. The second-order valence-corrected chi connectivity index (χ2v) is 6.22. The average Bonchev–Trinajstić information content (AvgIpc) is 2.62. The van der Waals surface area contributed by atoms with E-state index in [1.54, 1.807) is 0 Å². The maximum absolute atomic E-state index is 11.4. The van der Waals surface area contributed by atoms with E-state index in [0.717, 1.165) is 0 Å². The van der Waals surface area contributed by atoms with Gasteiger partial charge in [0.15, 0.2) is 0 Å². The number of amides is 2. The molecule has 2 aliphatic heterocycles. The number of hydrogen-bond donors (Lipinski definition) is 3. The summed E-state index contributed by atoms with van der Waals surface area (Å²) in [6, 6.07) is 0. The van der Waals surface area contributed by atoms with Gasteiger partial charge in [-0.3, -0.25) is 14.9 Å². The van der Waals surface area contributed by atoms with Crippen LogP contribution in [0, 0.1) is 11.8 Å². The molecule has 0 aromatic heterocycles. The molecule has 0 bridgehead atoms. The molecule has 0 aliphatic carbocycles. The predicted octanol–water partition coefficient (Wildman–Crippen LogP) is 0.0639. The average molecular weight is 313 g/mol. The Morgan fingerprint density at radius 2 is 2.05 bits per heavy atom. The van der Waals surface area contributed by atoms with Crippen LogP contribution in [0.1, 0.15) is 32.6 Å². The Morgan fingerprint density at radius 3 is 2.50 bits per heavy atom. The standard InChI is InChI=1S/C15H23NO6/c1-8-7-15(20,22-9(8)2)14(21-3)11(17)4-10-5-12(18)16-13(19)6-10/h8,10-11,14,17,20H,2,4-7H2,1,3H3,(H,16,18,19). The number of aliphatic hydroxyl groups is 2. The number of aliphatic hydroxyl groups excluding tert-OH is 1. The van der Waals surface area contributed by atoms with Crippen LogP contribution in [0.3, 0.4) is 0 Å². The summed E-state index contributed by atoms with van der Waals surface area (Å²) in [6.07, 6.45) is -1.26. The molecule has 2 heterocycles. The zero-order valence-corrected chi connectivity index (χ0v) is 12.9. The first kappa shape index (κ1) is 16.9. The molecule has 0 aromatic carbocycles. The van der Waals surface area contributed by atoms with E-state index in [0.29, 0.717) is 5.76 Å². The minimum absolute atomic E-state index is 0.0445. The summed E-state index contributed by atoms with van der Waals surface area (Å²) in [7, 11) is 1.37. The van der Waals surface area contributed by atoms with E-state index in [1.807, 2.05) is 6.92 Å². The van der Waals surface area contributed by atoms with Gasteiger partial charge in [-0.25, -0.2) is 0 Å². The number of allylic oxidation sites excluding steroid dienone is 1. The van der Waals surface area contributed by atoms with Crippen molar-refractivity contribution in [1.29, 1.82) is 0 Å². The number of rotatable bonds is 5. The highest BCUT2D eigenvalue weighted by molar-refractivity contribution is 5.97. The van der Waals surface area contributed by atoms with Crippen molar-refractivity contribution in [2.24, 2.45) is 11.8 Å². The van der Waals surface area contributed by atoms with Gasteiger partial charge in [-0.2, -0.15) is 0 Å². The number of piperidine rings is 1. The third-order valence-electron chi connectivity index (χ3n) is 4.31. The number of methoxy groups -OCH3 is 1. The minimum atomic E-state index is -1.65. The number of hydrogen-bond acceptors (Lipinski definition) is 6. The van der Waals surface area contributed by atoms with Crippen molar-refractivity contribution in [2.45, 2.75) is 50.6 Å². The smallest absolute Gasteiger partial charge is 0.237 e. The molecule has 4 unspecified atom stereocenters. The summed E-state index contributed by atoms with van der Waals surface area (Å²) in [5, 5.41) is 23.2. The fraction of sp³-hybridized carbons (Fsp3) is 0.733. The highest BCUT2D eigenvalue weighted by atomic mass is 16.7. The second-order valence-electron chi connectivity index (χ2n) is 6.22. The van der Waals surface area contributed by atoms with Crippen LogP contribution >= 0.6 is 0 Å². The van der Waals surface area contributed by atoms with Gasteiger partial charge in [0.05, 0.1) is 11.9 Å². The van der Waals surface area contributed by atoms with Crippen LogP contribution < -0.4 is 5.32 Å². The lowest BCUT2D eigenvalue weighted by molar-refractivity contribution is -0.249. The second kappa shape index (κ2) is 6.36. The van der Waals surface area contributed by atoms with Crippen molar-refractivity contribution >= 4 is 11.8 Å². The Bertz CT molecular complexity index is 463. The van der Waals surface area contributed by atoms with Crippen molar-refractivity contribution in [2.75, 3.05) is 7.11 Å². The summed E-state index contributed by atoms with van der Waals surface area (Å²) < 4.78 is 10.6. The van der Waals surface area contributed by atoms with Crippen LogP contribution in [0.5, 0.6) is 0 Å². The first-order chi connectivity index (χ1) is 10.2. The topological polar surface area (TPSA) is 105 Å². The Balaban J connectivity index is 2.03. The molecule has 3 N–H and O–H groups in total. The molecule has 2 amide bonds. The summed E-state index contributed by atoms with van der Waals surface area (Å²) in [5.41, 5.74) is 0. The molecule has 2 aliphatic rings. The fourth-order valence-electron chi connectivity index (χ4n) is 3.22. The van der Waals surface area contributed by atoms with Gasteiger partial charge >= 0.3 is 0 Å². The molecule has 2 fully saturated rings. The Morgan fingerprint density at radius 1 is 1.45 bits per heavy atom. The number of carbonyl (C=O) groups is 2. The SMILES string of the molecule is C=C1OC(O)(C(OC)C(O)CC2CC(=O)NC(=O)C2)CC1C. The number of carbonyl (C=O) groups excluding carboxylic acids is 2. The molecule has 0 saturated carbocycles. The lowest BCUT2D eigenvalue weighted by Gasteiger charge is -2.35. The van der Waals surface area contributed by atoms with Gasteiger partial charge in [-0.15, -0.1) is 0 Å². The predicted molar refractivity (Wildman–Crippen MR) is 76.3 cm³/mol. The van der Waals surface area contributed by atoms with Gasteiger partial charge in [-0.1, -0.05) is 13.5 Å². The quantitative estimate of drug-likeness (QED) is 0.620. The Kier molecular flexibility index (Phi) is 4.89. The lowest BCUT2D eigenvalue weighted by Crippen LogP contribution is -2.51. The molecule has 0 radical (unpaired) electrons. The molecule has 0 spiro atoms. The van der Waals surface area contributed by atoms with Crippen molar-refractivity contribution in [3.05, 3.63) is 12.3 Å². The van der Waals surface area contributed by atoms with Crippen molar-refractivity contribution in [3.8, 4) is 0 Å². The monoisotopic (exact) mass is 313 g/mol. The summed E-state index contributed by atoms with van der Waals surface area (Å²) in [6.45, 7) is 5.59. The van der Waals surface area contributed by atoms with Gasteiger partial charge < -0.3 is 19.7 Å². The molecule has 124 valence electrons. The molecule has 4 atom stereocenters. The maximum atomic E-state index is 11.4. The third kappa shape index (κ3) is 3.48. The molecular weight excluding hydrogens is 290 g/mol. The highest BCUT2D eigenvalue weighted by Gasteiger charge is 2.50. The van der Waals surface area contributed by atoms with Gasteiger partial charge in [0.2, 0.25) is 17.6 Å². The van der Waals surface area contributed by atoms with Crippen molar-refractivity contribution in [3.63, 3.8) is 0 Å². The maximum Gasteiger partial charge on any atom is 0.237 e. The van der Waals surface area contributed by atoms with Gasteiger partial charge in [0.25, 0.3) is 0 Å². The molecule has 2 saturated heterocycles. The molecule has 2 rings (SSSR count). The molecule has 7 heteroatoms. The first-order valence-corrected chi connectivity index (χ1v) is 7.39. The van der Waals surface area contributed by atoms with E-state index < -0.39 is 18.0 Å².